The molecule has 1 fully saturated rings. The summed E-state index contributed by atoms with van der Waals surface area (Å²) in [6.07, 6.45) is 0. The molecule has 7 heteroatoms. The van der Waals surface area contributed by atoms with E-state index in [4.69, 9.17) is 15.2 Å². The molecule has 2 rings (SSSR count). The molecule has 0 aliphatic carbocycles. The van der Waals surface area contributed by atoms with Gasteiger partial charge in [0.05, 0.1) is 25.6 Å². The van der Waals surface area contributed by atoms with E-state index in [0.29, 0.717) is 10.4 Å². The number of methoxy groups -OCH3 is 1. The van der Waals surface area contributed by atoms with E-state index in [2.05, 4.69) is 15.0 Å². The largest absolute Gasteiger partial charge is 0.467 e. The molecule has 1 aromatic heterocycles. The zero-order valence-electron chi connectivity index (χ0n) is 7.64. The Morgan fingerprint density at radius 3 is 2.79 bits per heavy atom. The number of rotatable bonds is 3. The monoisotopic (exact) mass is 214 g/mol. The van der Waals surface area contributed by atoms with Gasteiger partial charge in [-0.25, -0.2) is 0 Å². The zero-order valence-corrected chi connectivity index (χ0v) is 8.45. The van der Waals surface area contributed by atoms with Crippen molar-refractivity contribution in [1.82, 2.24) is 15.0 Å². The van der Waals surface area contributed by atoms with Crippen LogP contribution in [-0.4, -0.2) is 40.5 Å². The normalized spacial score (nSPS) is 16.4. The number of anilines is 1. The highest BCUT2D eigenvalue weighted by Gasteiger charge is 2.21. The summed E-state index contributed by atoms with van der Waals surface area (Å²) in [7, 11) is 1.50. The van der Waals surface area contributed by atoms with Gasteiger partial charge < -0.3 is 15.2 Å². The second-order valence-electron chi connectivity index (χ2n) is 2.74. The molecule has 2 N–H and O–H groups in total. The molecule has 6 nitrogen and oxygen atoms in total. The summed E-state index contributed by atoms with van der Waals surface area (Å²) < 4.78 is 9.92. The molecule has 1 aromatic rings. The molecule has 1 saturated heterocycles. The molecule has 0 unspecified atom stereocenters. The van der Waals surface area contributed by atoms with Crippen molar-refractivity contribution in [3.8, 4) is 6.01 Å². The first-order valence-corrected chi connectivity index (χ1v) is 4.96. The standard InChI is InChI=1S/C7H10N4O2S/c1-12-6-9-5(8)10-7(11-6)14-4-2-13-3-4/h4H,2-3H2,1H3,(H2,8,9,10,11). The Kier molecular flexibility index (Phi) is 2.69. The van der Waals surface area contributed by atoms with Crippen LogP contribution in [0, 0.1) is 0 Å². The summed E-state index contributed by atoms with van der Waals surface area (Å²) in [6.45, 7) is 1.47. The summed E-state index contributed by atoms with van der Waals surface area (Å²) in [6, 6.07) is 0.250. The number of nitrogens with zero attached hydrogens (tertiary/aromatic N) is 3. The van der Waals surface area contributed by atoms with Crippen LogP contribution in [0.15, 0.2) is 5.16 Å². The van der Waals surface area contributed by atoms with Gasteiger partial charge in [-0.05, 0) is 0 Å². The van der Waals surface area contributed by atoms with Crippen molar-refractivity contribution in [1.29, 1.82) is 0 Å². The first-order chi connectivity index (χ1) is 6.78. The van der Waals surface area contributed by atoms with Crippen LogP contribution in [0.25, 0.3) is 0 Å². The molecule has 0 spiro atoms. The van der Waals surface area contributed by atoms with Gasteiger partial charge in [-0.3, -0.25) is 0 Å². The first-order valence-electron chi connectivity index (χ1n) is 4.08. The average molecular weight is 214 g/mol. The van der Waals surface area contributed by atoms with Crippen molar-refractivity contribution in [2.75, 3.05) is 26.1 Å². The Bertz CT molecular complexity index is 331. The third-order valence-corrected chi connectivity index (χ3v) is 2.67. The molecule has 0 radical (unpaired) electrons. The van der Waals surface area contributed by atoms with Crippen molar-refractivity contribution >= 4 is 17.7 Å². The Balaban J connectivity index is 2.11. The maximum Gasteiger partial charge on any atom is 0.321 e. The Morgan fingerprint density at radius 2 is 2.21 bits per heavy atom. The van der Waals surface area contributed by atoms with Gasteiger partial charge in [0, 0.05) is 0 Å². The number of aromatic nitrogens is 3. The van der Waals surface area contributed by atoms with Crippen LogP contribution in [0.4, 0.5) is 5.95 Å². The molecular weight excluding hydrogens is 204 g/mol. The highest BCUT2D eigenvalue weighted by Crippen LogP contribution is 2.26. The molecule has 0 bridgehead atoms. The molecule has 76 valence electrons. The van der Waals surface area contributed by atoms with E-state index in [0.717, 1.165) is 13.2 Å². The van der Waals surface area contributed by atoms with Gasteiger partial charge in [0.2, 0.25) is 5.95 Å². The van der Waals surface area contributed by atoms with E-state index in [1.807, 2.05) is 0 Å². The van der Waals surface area contributed by atoms with Crippen LogP contribution in [0.2, 0.25) is 0 Å². The fourth-order valence-corrected chi connectivity index (χ4v) is 1.83. The molecule has 1 aliphatic heterocycles. The zero-order chi connectivity index (χ0) is 9.97. The molecule has 0 saturated carbocycles. The summed E-state index contributed by atoms with van der Waals surface area (Å²) in [5.74, 6) is 0.180. The number of thioether (sulfide) groups is 1. The van der Waals surface area contributed by atoms with Gasteiger partial charge in [-0.15, -0.1) is 0 Å². The van der Waals surface area contributed by atoms with Crippen LogP contribution in [0.5, 0.6) is 6.01 Å². The molecule has 0 aromatic carbocycles. The molecule has 14 heavy (non-hydrogen) atoms. The van der Waals surface area contributed by atoms with E-state index in [-0.39, 0.29) is 12.0 Å². The lowest BCUT2D eigenvalue weighted by molar-refractivity contribution is 0.0454. The molecule has 1 aliphatic rings. The second kappa shape index (κ2) is 3.97. The lowest BCUT2D eigenvalue weighted by atomic mass is 10.4. The summed E-state index contributed by atoms with van der Waals surface area (Å²) >= 11 is 1.53. The van der Waals surface area contributed by atoms with Crippen molar-refractivity contribution in [2.45, 2.75) is 10.4 Å². The number of hydrogen-bond acceptors (Lipinski definition) is 7. The van der Waals surface area contributed by atoms with Gasteiger partial charge >= 0.3 is 6.01 Å². The number of nitrogens with two attached hydrogens (primary N) is 1. The lowest BCUT2D eigenvalue weighted by Gasteiger charge is -2.24. The molecule has 2 heterocycles. The topological polar surface area (TPSA) is 83.2 Å². The maximum atomic E-state index is 5.48. The van der Waals surface area contributed by atoms with E-state index in [1.54, 1.807) is 0 Å². The first kappa shape index (κ1) is 9.47. The van der Waals surface area contributed by atoms with Gasteiger partial charge in [-0.1, -0.05) is 11.8 Å². The molecular formula is C7H10N4O2S. The summed E-state index contributed by atoms with van der Waals surface area (Å²) in [4.78, 5) is 11.8. The highest BCUT2D eigenvalue weighted by molar-refractivity contribution is 7.99. The van der Waals surface area contributed by atoms with Crippen LogP contribution < -0.4 is 10.5 Å². The van der Waals surface area contributed by atoms with Gasteiger partial charge in [-0.2, -0.15) is 15.0 Å². The maximum absolute atomic E-state index is 5.48. The summed E-state index contributed by atoms with van der Waals surface area (Å²) in [5.41, 5.74) is 5.48. The van der Waals surface area contributed by atoms with Gasteiger partial charge in [0.1, 0.15) is 0 Å². The predicted octanol–water partition coefficient (Wildman–Crippen LogP) is -0.0467. The second-order valence-corrected chi connectivity index (χ2v) is 4.01. The quantitative estimate of drug-likeness (QED) is 0.755. The highest BCUT2D eigenvalue weighted by atomic mass is 32.2. The molecule has 0 amide bonds. The lowest BCUT2D eigenvalue weighted by Crippen LogP contribution is -2.30. The van der Waals surface area contributed by atoms with Gasteiger partial charge in [0.25, 0.3) is 0 Å². The summed E-state index contributed by atoms with van der Waals surface area (Å²) in [5, 5.41) is 1.00. The van der Waals surface area contributed by atoms with Gasteiger partial charge in [0.15, 0.2) is 5.16 Å². The van der Waals surface area contributed by atoms with Crippen LogP contribution >= 0.6 is 11.8 Å². The number of hydrogen-bond donors (Lipinski definition) is 1. The fraction of sp³-hybridized carbons (Fsp3) is 0.571. The van der Waals surface area contributed by atoms with E-state index in [1.165, 1.54) is 18.9 Å². The number of nitrogen functional groups attached to an aromatic ring is 1. The van der Waals surface area contributed by atoms with E-state index >= 15 is 0 Å². The number of ether oxygens (including phenoxy) is 2. The Labute approximate surface area is 85.2 Å². The minimum Gasteiger partial charge on any atom is -0.467 e. The van der Waals surface area contributed by atoms with Crippen molar-refractivity contribution in [3.63, 3.8) is 0 Å². The van der Waals surface area contributed by atoms with E-state index in [9.17, 15) is 0 Å². The molecule has 0 atom stereocenters. The SMILES string of the molecule is COc1nc(N)nc(SC2COC2)n1. The van der Waals surface area contributed by atoms with Crippen molar-refractivity contribution < 1.29 is 9.47 Å². The minimum absolute atomic E-state index is 0.180. The van der Waals surface area contributed by atoms with E-state index < -0.39 is 0 Å². The fourth-order valence-electron chi connectivity index (χ4n) is 0.928. The van der Waals surface area contributed by atoms with Crippen LogP contribution in [0.3, 0.4) is 0 Å². The smallest absolute Gasteiger partial charge is 0.321 e. The third kappa shape index (κ3) is 2.05. The Morgan fingerprint density at radius 1 is 1.43 bits per heavy atom. The average Bonchev–Trinajstić information content (AvgIpc) is 2.10. The minimum atomic E-state index is 0.180. The van der Waals surface area contributed by atoms with Crippen LogP contribution in [0.1, 0.15) is 0 Å². The van der Waals surface area contributed by atoms with Crippen molar-refractivity contribution in [2.24, 2.45) is 0 Å². The third-order valence-electron chi connectivity index (χ3n) is 1.67. The van der Waals surface area contributed by atoms with Crippen molar-refractivity contribution in [3.05, 3.63) is 0 Å². The van der Waals surface area contributed by atoms with Crippen LogP contribution in [-0.2, 0) is 4.74 Å². The Hall–Kier alpha value is -1.08. The predicted molar refractivity (Wildman–Crippen MR) is 51.3 cm³/mol.